The zero-order chi connectivity index (χ0) is 18.7. The Bertz CT molecular complexity index is 716. The van der Waals surface area contributed by atoms with Crippen molar-refractivity contribution in [3.8, 4) is 0 Å². The predicted molar refractivity (Wildman–Crippen MR) is 100 cm³/mol. The number of nitrogens with one attached hydrogen (secondary N) is 1. The van der Waals surface area contributed by atoms with Crippen molar-refractivity contribution in [1.82, 2.24) is 9.80 Å². The number of benzene rings is 1. The molecule has 2 heterocycles. The molecule has 2 fully saturated rings. The van der Waals surface area contributed by atoms with Crippen molar-refractivity contribution < 1.29 is 14.4 Å². The van der Waals surface area contributed by atoms with Crippen LogP contribution in [0, 0.1) is 0 Å². The van der Waals surface area contributed by atoms with Gasteiger partial charge in [0.1, 0.15) is 0 Å². The van der Waals surface area contributed by atoms with Crippen LogP contribution in [0.3, 0.4) is 0 Å². The van der Waals surface area contributed by atoms with Gasteiger partial charge in [0.05, 0.1) is 10.7 Å². The number of piperazine rings is 1. The number of halogens is 1. The van der Waals surface area contributed by atoms with Crippen molar-refractivity contribution >= 4 is 40.7 Å². The molecule has 7 nitrogen and oxygen atoms in total. The first-order chi connectivity index (χ1) is 12.5. The highest BCUT2D eigenvalue weighted by molar-refractivity contribution is 6.41. The molecule has 0 spiro atoms. The Hall–Kier alpha value is -2.12. The largest absolute Gasteiger partial charge is 0.332 e. The lowest BCUT2D eigenvalue weighted by atomic mass is 10.2. The number of hydrogen-bond donors (Lipinski definition) is 1. The van der Waals surface area contributed by atoms with E-state index in [4.69, 9.17) is 11.6 Å². The van der Waals surface area contributed by atoms with Crippen LogP contribution in [0.5, 0.6) is 0 Å². The van der Waals surface area contributed by atoms with Crippen molar-refractivity contribution in [3.05, 3.63) is 23.2 Å². The van der Waals surface area contributed by atoms with Crippen LogP contribution in [0.1, 0.15) is 19.8 Å². The molecule has 1 aromatic rings. The smallest absolute Gasteiger partial charge is 0.313 e. The summed E-state index contributed by atoms with van der Waals surface area (Å²) in [4.78, 5) is 42.1. The highest BCUT2D eigenvalue weighted by atomic mass is 35.5. The van der Waals surface area contributed by atoms with Crippen molar-refractivity contribution in [3.63, 3.8) is 0 Å². The Balaban J connectivity index is 1.67. The number of likely N-dealkylation sites (N-methyl/N-ethyl adjacent to an activating group) is 1. The summed E-state index contributed by atoms with van der Waals surface area (Å²) in [6.07, 6.45) is 1.33. The van der Waals surface area contributed by atoms with E-state index >= 15 is 0 Å². The Morgan fingerprint density at radius 3 is 2.50 bits per heavy atom. The zero-order valence-corrected chi connectivity index (χ0v) is 15.6. The van der Waals surface area contributed by atoms with Crippen LogP contribution in [0.2, 0.25) is 5.02 Å². The minimum absolute atomic E-state index is 0.0504. The lowest BCUT2D eigenvalue weighted by molar-refractivity contribution is -0.144. The van der Waals surface area contributed by atoms with Crippen molar-refractivity contribution in [2.75, 3.05) is 49.5 Å². The summed E-state index contributed by atoms with van der Waals surface area (Å²) < 4.78 is 0. The lowest BCUT2D eigenvalue weighted by Gasteiger charge is -2.33. The molecule has 1 aromatic carbocycles. The molecule has 0 aromatic heterocycles. The van der Waals surface area contributed by atoms with Gasteiger partial charge in [0.2, 0.25) is 5.91 Å². The van der Waals surface area contributed by atoms with Crippen LogP contribution in [0.25, 0.3) is 0 Å². The van der Waals surface area contributed by atoms with E-state index in [1.165, 1.54) is 0 Å². The fraction of sp³-hybridized carbons (Fsp3) is 0.500. The minimum atomic E-state index is -0.707. The van der Waals surface area contributed by atoms with Gasteiger partial charge in [-0.1, -0.05) is 18.5 Å². The lowest BCUT2D eigenvalue weighted by Crippen LogP contribution is -2.51. The third kappa shape index (κ3) is 3.99. The van der Waals surface area contributed by atoms with E-state index in [-0.39, 0.29) is 5.91 Å². The Kier molecular flexibility index (Phi) is 5.78. The highest BCUT2D eigenvalue weighted by Crippen LogP contribution is 2.30. The third-order valence-electron chi connectivity index (χ3n) is 4.88. The van der Waals surface area contributed by atoms with Crippen molar-refractivity contribution in [1.29, 1.82) is 0 Å². The summed E-state index contributed by atoms with van der Waals surface area (Å²) in [7, 11) is 0. The van der Waals surface area contributed by atoms with Crippen molar-refractivity contribution in [2.45, 2.75) is 19.8 Å². The first kappa shape index (κ1) is 18.7. The molecule has 3 rings (SSSR count). The quantitative estimate of drug-likeness (QED) is 0.810. The summed E-state index contributed by atoms with van der Waals surface area (Å²) in [5.74, 6) is -1.21. The molecule has 2 saturated heterocycles. The highest BCUT2D eigenvalue weighted by Gasteiger charge is 2.27. The van der Waals surface area contributed by atoms with Gasteiger partial charge in [-0.05, 0) is 31.2 Å². The fourth-order valence-corrected chi connectivity index (χ4v) is 3.45. The molecular weight excluding hydrogens is 356 g/mol. The molecular formula is C18H23ClN4O3. The van der Waals surface area contributed by atoms with Crippen LogP contribution in [0.15, 0.2) is 18.2 Å². The molecule has 3 amide bonds. The van der Waals surface area contributed by atoms with Gasteiger partial charge in [-0.15, -0.1) is 0 Å². The van der Waals surface area contributed by atoms with Crippen LogP contribution in [-0.4, -0.2) is 66.8 Å². The summed E-state index contributed by atoms with van der Waals surface area (Å²) in [5.41, 5.74) is 1.02. The number of carbonyl (C=O) groups excluding carboxylic acids is 3. The van der Waals surface area contributed by atoms with Gasteiger partial charge in [0.15, 0.2) is 0 Å². The van der Waals surface area contributed by atoms with Crippen LogP contribution < -0.4 is 10.2 Å². The molecule has 0 bridgehead atoms. The van der Waals surface area contributed by atoms with Crippen molar-refractivity contribution in [2.24, 2.45) is 0 Å². The number of carbonyl (C=O) groups is 3. The normalized spacial score (nSPS) is 18.3. The molecule has 2 aliphatic heterocycles. The molecule has 0 unspecified atom stereocenters. The number of amides is 3. The van der Waals surface area contributed by atoms with Crippen LogP contribution >= 0.6 is 11.6 Å². The Morgan fingerprint density at radius 2 is 1.88 bits per heavy atom. The van der Waals surface area contributed by atoms with E-state index < -0.39 is 11.8 Å². The van der Waals surface area contributed by atoms with Crippen LogP contribution in [-0.2, 0) is 14.4 Å². The molecule has 26 heavy (non-hydrogen) atoms. The van der Waals surface area contributed by atoms with E-state index in [1.54, 1.807) is 28.0 Å². The average Bonchev–Trinajstić information content (AvgIpc) is 3.09. The van der Waals surface area contributed by atoms with E-state index in [2.05, 4.69) is 17.1 Å². The van der Waals surface area contributed by atoms with E-state index in [1.807, 2.05) is 0 Å². The Morgan fingerprint density at radius 1 is 1.15 bits per heavy atom. The molecule has 2 aliphatic rings. The van der Waals surface area contributed by atoms with Gasteiger partial charge in [-0.25, -0.2) is 0 Å². The first-order valence-corrected chi connectivity index (χ1v) is 9.30. The maximum absolute atomic E-state index is 12.4. The van der Waals surface area contributed by atoms with Crippen LogP contribution in [0.4, 0.5) is 11.4 Å². The molecule has 0 aliphatic carbocycles. The van der Waals surface area contributed by atoms with Gasteiger partial charge in [0, 0.05) is 44.8 Å². The predicted octanol–water partition coefficient (Wildman–Crippen LogP) is 1.57. The standard InChI is InChI=1S/C18H23ClN4O3/c1-2-21-8-10-22(11-9-21)18(26)17(25)20-15-12-13(5-6-14(15)19)23-7-3-4-16(23)24/h5-6,12H,2-4,7-11H2,1H3,(H,20,25). The van der Waals surface area contributed by atoms with Gasteiger partial charge in [0.25, 0.3) is 0 Å². The second-order valence-electron chi connectivity index (χ2n) is 6.49. The van der Waals surface area contributed by atoms with Gasteiger partial charge < -0.3 is 20.0 Å². The molecule has 8 heteroatoms. The van der Waals surface area contributed by atoms with E-state index in [9.17, 15) is 14.4 Å². The summed E-state index contributed by atoms with van der Waals surface area (Å²) in [6.45, 7) is 6.27. The Labute approximate surface area is 157 Å². The maximum Gasteiger partial charge on any atom is 0.313 e. The molecule has 0 saturated carbocycles. The summed E-state index contributed by atoms with van der Waals surface area (Å²) in [5, 5.41) is 2.93. The maximum atomic E-state index is 12.4. The average molecular weight is 379 g/mol. The second-order valence-corrected chi connectivity index (χ2v) is 6.90. The second kappa shape index (κ2) is 8.05. The zero-order valence-electron chi connectivity index (χ0n) is 14.8. The SMILES string of the molecule is CCN1CCN(C(=O)C(=O)Nc2cc(N3CCCC3=O)ccc2Cl)CC1. The summed E-state index contributed by atoms with van der Waals surface area (Å²) in [6, 6.07) is 5.02. The summed E-state index contributed by atoms with van der Waals surface area (Å²) >= 11 is 6.16. The van der Waals surface area contributed by atoms with E-state index in [0.29, 0.717) is 42.5 Å². The molecule has 0 radical (unpaired) electrons. The van der Waals surface area contributed by atoms with Gasteiger partial charge >= 0.3 is 11.8 Å². The third-order valence-corrected chi connectivity index (χ3v) is 5.21. The molecule has 0 atom stereocenters. The number of anilines is 2. The van der Waals surface area contributed by atoms with E-state index in [0.717, 1.165) is 26.1 Å². The minimum Gasteiger partial charge on any atom is -0.332 e. The topological polar surface area (TPSA) is 73.0 Å². The molecule has 140 valence electrons. The van der Waals surface area contributed by atoms with Gasteiger partial charge in [-0.2, -0.15) is 0 Å². The molecule has 1 N–H and O–H groups in total. The van der Waals surface area contributed by atoms with Gasteiger partial charge in [-0.3, -0.25) is 14.4 Å². The number of hydrogen-bond acceptors (Lipinski definition) is 4. The fourth-order valence-electron chi connectivity index (χ4n) is 3.28. The number of rotatable bonds is 3. The number of nitrogens with zero attached hydrogens (tertiary/aromatic N) is 3. The first-order valence-electron chi connectivity index (χ1n) is 8.92. The monoisotopic (exact) mass is 378 g/mol.